The number of Topliss-reactive ketones (excluding diaryl/α,β-unsaturated/α-hetero) is 1. The third-order valence-corrected chi connectivity index (χ3v) is 4.53. The van der Waals surface area contributed by atoms with Crippen LogP contribution in [-0.2, 0) is 16.1 Å². The predicted molar refractivity (Wildman–Crippen MR) is 110 cm³/mol. The number of aromatic amines is 1. The molecule has 2 heterocycles. The third-order valence-electron chi connectivity index (χ3n) is 4.53. The van der Waals surface area contributed by atoms with E-state index in [1.165, 1.54) is 9.47 Å². The average molecular weight is 406 g/mol. The highest BCUT2D eigenvalue weighted by Crippen LogP contribution is 2.11. The minimum absolute atomic E-state index is 0.0387. The number of carbonyl (C=O) groups excluding carboxylic acids is 2. The summed E-state index contributed by atoms with van der Waals surface area (Å²) in [6, 6.07) is 1.31. The van der Waals surface area contributed by atoms with Gasteiger partial charge in [0.05, 0.1) is 18.5 Å². The summed E-state index contributed by atoms with van der Waals surface area (Å²) < 4.78 is 1.53. The van der Waals surface area contributed by atoms with Crippen LogP contribution in [0.5, 0.6) is 0 Å². The molecule has 0 unspecified atom stereocenters. The highest BCUT2D eigenvalue weighted by molar-refractivity contribution is 5.88. The van der Waals surface area contributed by atoms with Crippen LogP contribution >= 0.6 is 0 Å². The first kappa shape index (κ1) is 22.6. The van der Waals surface area contributed by atoms with Crippen molar-refractivity contribution >= 4 is 28.7 Å². The maximum absolute atomic E-state index is 13.0. The molecule has 0 aromatic carbocycles. The van der Waals surface area contributed by atoms with Gasteiger partial charge < -0.3 is 25.6 Å². The number of aromatic nitrogens is 3. The van der Waals surface area contributed by atoms with Gasteiger partial charge in [-0.15, -0.1) is 0 Å². The number of nitrogens with zero attached hydrogens (tertiary/aromatic N) is 3. The maximum atomic E-state index is 13.0. The topological polar surface area (TPSA) is 146 Å². The number of aliphatic hydroxyl groups is 1. The molecule has 2 rings (SSSR count). The second kappa shape index (κ2) is 9.66. The maximum Gasteiger partial charge on any atom is 0.261 e. The Bertz CT molecular complexity index is 917. The first-order chi connectivity index (χ1) is 13.6. The summed E-state index contributed by atoms with van der Waals surface area (Å²) >= 11 is 0. The Morgan fingerprint density at radius 3 is 2.62 bits per heavy atom. The summed E-state index contributed by atoms with van der Waals surface area (Å²) in [6.45, 7) is 7.28. The van der Waals surface area contributed by atoms with Crippen molar-refractivity contribution in [3.63, 3.8) is 0 Å². The first-order valence-corrected chi connectivity index (χ1v) is 9.64. The fourth-order valence-electron chi connectivity index (χ4n) is 2.99. The van der Waals surface area contributed by atoms with E-state index in [1.54, 1.807) is 26.1 Å². The van der Waals surface area contributed by atoms with Crippen LogP contribution in [0.15, 0.2) is 17.1 Å². The van der Waals surface area contributed by atoms with Crippen molar-refractivity contribution in [3.8, 4) is 0 Å². The molecular formula is C19H30N6O4. The van der Waals surface area contributed by atoms with E-state index in [-0.39, 0.29) is 67.4 Å². The largest absolute Gasteiger partial charge is 0.395 e. The number of carbonyl (C=O) groups is 2. The highest BCUT2D eigenvalue weighted by Gasteiger charge is 2.23. The monoisotopic (exact) mass is 406 g/mol. The van der Waals surface area contributed by atoms with E-state index in [4.69, 9.17) is 5.73 Å². The van der Waals surface area contributed by atoms with Gasteiger partial charge in [-0.3, -0.25) is 19.4 Å². The number of hydrogen-bond acceptors (Lipinski definition) is 7. The Kier molecular flexibility index (Phi) is 7.52. The van der Waals surface area contributed by atoms with Gasteiger partial charge in [0.25, 0.3) is 5.56 Å². The van der Waals surface area contributed by atoms with E-state index >= 15 is 0 Å². The molecule has 0 aliphatic heterocycles. The van der Waals surface area contributed by atoms with Crippen molar-refractivity contribution in [2.45, 2.75) is 46.3 Å². The number of nitrogen functional groups attached to an aromatic ring is 1. The van der Waals surface area contributed by atoms with Crippen LogP contribution in [0.1, 0.15) is 27.7 Å². The quantitative estimate of drug-likeness (QED) is 0.424. The Labute approximate surface area is 169 Å². The lowest BCUT2D eigenvalue weighted by atomic mass is 10.1. The number of nitrogens with two attached hydrogens (primary N) is 1. The van der Waals surface area contributed by atoms with Gasteiger partial charge >= 0.3 is 0 Å². The van der Waals surface area contributed by atoms with Crippen LogP contribution in [0, 0.1) is 5.92 Å². The van der Waals surface area contributed by atoms with Crippen molar-refractivity contribution in [1.82, 2.24) is 24.8 Å². The molecule has 2 aromatic rings. The minimum atomic E-state index is -0.382. The molecule has 160 valence electrons. The second-order valence-corrected chi connectivity index (χ2v) is 7.73. The first-order valence-electron chi connectivity index (χ1n) is 9.64. The summed E-state index contributed by atoms with van der Waals surface area (Å²) in [7, 11) is 0. The van der Waals surface area contributed by atoms with Crippen molar-refractivity contribution < 1.29 is 14.7 Å². The summed E-state index contributed by atoms with van der Waals surface area (Å²) in [5, 5.41) is 13.2. The van der Waals surface area contributed by atoms with E-state index in [1.807, 2.05) is 13.8 Å². The van der Waals surface area contributed by atoms with Crippen molar-refractivity contribution in [2.75, 3.05) is 25.4 Å². The molecule has 2 aromatic heterocycles. The summed E-state index contributed by atoms with van der Waals surface area (Å²) in [6.07, 6.45) is 1.59. The zero-order valence-corrected chi connectivity index (χ0v) is 17.3. The average Bonchev–Trinajstić information content (AvgIpc) is 3.02. The molecule has 0 fully saturated rings. The Balaban J connectivity index is 2.26. The number of aliphatic hydroxyl groups excluding tert-OH is 1. The number of hydrogen-bond donors (Lipinski definition) is 4. The molecule has 0 saturated carbocycles. The Morgan fingerprint density at radius 1 is 1.34 bits per heavy atom. The Morgan fingerprint density at radius 2 is 2.03 bits per heavy atom. The highest BCUT2D eigenvalue weighted by atomic mass is 16.3. The molecule has 0 spiro atoms. The molecule has 0 bridgehead atoms. The number of H-pyrrole nitrogens is 1. The standard InChI is InChI=1S/C19H30N6O4/c1-11(2)15(27)8-25(7-13(10-26)21-12(3)4)16(28)9-24-6-5-14-17(24)22-19(20)23-18(14)29/h5-6,11-13,21,26H,7-10H2,1-4H3,(H3,20,22,23,29)/t13-/m1/s1. The number of ketones is 1. The van der Waals surface area contributed by atoms with E-state index in [0.29, 0.717) is 11.0 Å². The predicted octanol–water partition coefficient (Wildman–Crippen LogP) is -0.281. The van der Waals surface area contributed by atoms with Crippen molar-refractivity contribution in [1.29, 1.82) is 0 Å². The number of fused-ring (bicyclic) bond motifs is 1. The molecule has 10 heteroatoms. The molecule has 10 nitrogen and oxygen atoms in total. The SMILES string of the molecule is CC(C)N[C@@H](CO)CN(CC(=O)C(C)C)C(=O)Cn1ccc2c(=O)[nH]c(N)nc21. The fourth-order valence-corrected chi connectivity index (χ4v) is 2.99. The minimum Gasteiger partial charge on any atom is -0.395 e. The van der Waals surface area contributed by atoms with E-state index in [9.17, 15) is 19.5 Å². The van der Waals surface area contributed by atoms with Gasteiger partial charge in [-0.05, 0) is 6.07 Å². The molecule has 0 saturated heterocycles. The number of amides is 1. The molecular weight excluding hydrogens is 376 g/mol. The lowest BCUT2D eigenvalue weighted by Crippen LogP contribution is -2.50. The van der Waals surface area contributed by atoms with Gasteiger partial charge in [0.1, 0.15) is 12.2 Å². The van der Waals surface area contributed by atoms with Crippen LogP contribution in [0.25, 0.3) is 11.0 Å². The van der Waals surface area contributed by atoms with Gasteiger partial charge in [-0.1, -0.05) is 27.7 Å². The molecule has 0 radical (unpaired) electrons. The lowest BCUT2D eigenvalue weighted by Gasteiger charge is -2.29. The zero-order chi connectivity index (χ0) is 21.7. The van der Waals surface area contributed by atoms with Gasteiger partial charge in [0, 0.05) is 30.7 Å². The van der Waals surface area contributed by atoms with Crippen LogP contribution in [-0.4, -0.2) is 68.0 Å². The fraction of sp³-hybridized carbons (Fsp3) is 0.579. The van der Waals surface area contributed by atoms with Gasteiger partial charge in [0.15, 0.2) is 5.78 Å². The van der Waals surface area contributed by atoms with E-state index in [2.05, 4.69) is 15.3 Å². The van der Waals surface area contributed by atoms with Gasteiger partial charge in [-0.2, -0.15) is 4.98 Å². The molecule has 0 aliphatic rings. The Hall–Kier alpha value is -2.72. The van der Waals surface area contributed by atoms with Crippen LogP contribution in [0.2, 0.25) is 0 Å². The van der Waals surface area contributed by atoms with Crippen LogP contribution in [0.3, 0.4) is 0 Å². The van der Waals surface area contributed by atoms with Crippen molar-refractivity contribution in [3.05, 3.63) is 22.6 Å². The lowest BCUT2D eigenvalue weighted by molar-refractivity contribution is -0.137. The van der Waals surface area contributed by atoms with Gasteiger partial charge in [0.2, 0.25) is 11.9 Å². The molecule has 29 heavy (non-hydrogen) atoms. The third kappa shape index (κ3) is 5.88. The van der Waals surface area contributed by atoms with Crippen LogP contribution in [0.4, 0.5) is 5.95 Å². The van der Waals surface area contributed by atoms with E-state index < -0.39 is 0 Å². The zero-order valence-electron chi connectivity index (χ0n) is 17.3. The molecule has 5 N–H and O–H groups in total. The molecule has 1 amide bonds. The van der Waals surface area contributed by atoms with Gasteiger partial charge in [-0.25, -0.2) is 0 Å². The van der Waals surface area contributed by atoms with E-state index in [0.717, 1.165) is 0 Å². The number of nitrogens with one attached hydrogen (secondary N) is 2. The summed E-state index contributed by atoms with van der Waals surface area (Å²) in [5.74, 6) is -0.650. The molecule has 1 atom stereocenters. The smallest absolute Gasteiger partial charge is 0.261 e. The summed E-state index contributed by atoms with van der Waals surface area (Å²) in [5.41, 5.74) is 5.53. The second-order valence-electron chi connectivity index (χ2n) is 7.73. The molecule has 0 aliphatic carbocycles. The van der Waals surface area contributed by atoms with Crippen molar-refractivity contribution in [2.24, 2.45) is 5.92 Å². The number of rotatable bonds is 10. The summed E-state index contributed by atoms with van der Waals surface area (Å²) in [4.78, 5) is 45.2. The normalized spacial score (nSPS) is 12.7. The van der Waals surface area contributed by atoms with Crippen LogP contribution < -0.4 is 16.6 Å². The number of anilines is 1.